The molecule has 5 atom stereocenters. The van der Waals surface area contributed by atoms with E-state index in [4.69, 9.17) is 19.7 Å². The molecule has 2 heterocycles. The van der Waals surface area contributed by atoms with E-state index in [0.29, 0.717) is 0 Å². The summed E-state index contributed by atoms with van der Waals surface area (Å²) in [6, 6.07) is 1.16. The predicted octanol–water partition coefficient (Wildman–Crippen LogP) is -2.11. The fourth-order valence-corrected chi connectivity index (χ4v) is 3.69. The molecule has 0 amide bonds. The molecule has 148 valence electrons. The van der Waals surface area contributed by atoms with E-state index in [1.807, 2.05) is 0 Å². The summed E-state index contributed by atoms with van der Waals surface area (Å²) in [5.41, 5.74) is 0.677. The molecule has 7 N–H and O–H groups in total. The van der Waals surface area contributed by atoms with E-state index >= 15 is 0 Å². The lowest BCUT2D eigenvalue weighted by atomic mass is 10.1. The number of hydrogen-bond acceptors (Lipinski definition) is 11. The van der Waals surface area contributed by atoms with Gasteiger partial charge < -0.3 is 29.6 Å². The van der Waals surface area contributed by atoms with Gasteiger partial charge in [-0.1, -0.05) is 0 Å². The normalized spacial score (nSPS) is 28.7. The van der Waals surface area contributed by atoms with Gasteiger partial charge in [0.2, 0.25) is 0 Å². The number of rotatable bonds is 7. The van der Waals surface area contributed by atoms with Crippen LogP contribution in [0.25, 0.3) is 0 Å². The molecule has 5 unspecified atom stereocenters. The summed E-state index contributed by atoms with van der Waals surface area (Å²) in [4.78, 5) is 41.4. The molecule has 0 bridgehead atoms. The zero-order chi connectivity index (χ0) is 19.7. The maximum absolute atomic E-state index is 11.8. The molecule has 17 heteroatoms. The van der Waals surface area contributed by atoms with E-state index in [2.05, 4.69) is 13.8 Å². The van der Waals surface area contributed by atoms with Gasteiger partial charge in [0.15, 0.2) is 12.0 Å². The lowest BCUT2D eigenvalue weighted by Crippen LogP contribution is -2.36. The lowest BCUT2D eigenvalue weighted by Gasteiger charge is -2.18. The first kappa shape index (κ1) is 21.1. The van der Waals surface area contributed by atoms with E-state index in [1.165, 1.54) is 0 Å². The second-order valence-corrected chi connectivity index (χ2v) is 7.83. The smallest absolute Gasteiger partial charge is 0.387 e. The van der Waals surface area contributed by atoms with Gasteiger partial charge in [0.05, 0.1) is 6.61 Å². The molecular weight excluding hydrogens is 404 g/mol. The zero-order valence-corrected chi connectivity index (χ0v) is 14.4. The molecular formula is C9H15N3O12P2. The molecule has 1 aromatic rings. The standard InChI is InChI=1S/C9H15N3O12P2/c13-6-4(3-22-26(20,21)24-25(17,18)19)23-8(7(6)14)12-2-1-5(11-16)10-9(12)15/h1-2,4,6-8,13-14,16H,3H2,(H,20,21)(H,10,11,15)(H2,17,18,19). The highest BCUT2D eigenvalue weighted by Gasteiger charge is 2.45. The fraction of sp³-hybridized carbons (Fsp3) is 0.556. The molecule has 0 saturated carbocycles. The largest absolute Gasteiger partial charge is 0.481 e. The fourth-order valence-electron chi connectivity index (χ4n) is 2.09. The minimum absolute atomic E-state index is 0.185. The van der Waals surface area contributed by atoms with Gasteiger partial charge in [-0.05, 0) is 6.07 Å². The van der Waals surface area contributed by atoms with Gasteiger partial charge in [-0.15, -0.1) is 0 Å². The summed E-state index contributed by atoms with van der Waals surface area (Å²) >= 11 is 0. The van der Waals surface area contributed by atoms with Crippen LogP contribution < -0.4 is 11.2 Å². The topological polar surface area (TPSA) is 230 Å². The highest BCUT2D eigenvalue weighted by molar-refractivity contribution is 7.60. The Bertz CT molecular complexity index is 794. The maximum atomic E-state index is 11.8. The van der Waals surface area contributed by atoms with Crippen LogP contribution in [0.5, 0.6) is 0 Å². The van der Waals surface area contributed by atoms with Gasteiger partial charge in [-0.3, -0.25) is 19.8 Å². The van der Waals surface area contributed by atoms with E-state index in [1.54, 1.807) is 5.48 Å². The minimum atomic E-state index is -5.32. The lowest BCUT2D eigenvalue weighted by molar-refractivity contribution is -0.0541. The first-order valence-corrected chi connectivity index (χ1v) is 9.71. The molecule has 0 radical (unpaired) electrons. The maximum Gasteiger partial charge on any atom is 0.481 e. The van der Waals surface area contributed by atoms with Crippen LogP contribution in [0.1, 0.15) is 6.23 Å². The van der Waals surface area contributed by atoms with Crippen LogP contribution in [0.2, 0.25) is 0 Å². The van der Waals surface area contributed by atoms with Crippen LogP contribution in [-0.4, -0.2) is 64.6 Å². The average Bonchev–Trinajstić information content (AvgIpc) is 2.79. The number of aliphatic hydroxyl groups excluding tert-OH is 2. The molecule has 1 fully saturated rings. The van der Waals surface area contributed by atoms with Crippen molar-refractivity contribution >= 4 is 21.5 Å². The number of hydrogen-bond donors (Lipinski definition) is 7. The average molecular weight is 419 g/mol. The summed E-state index contributed by atoms with van der Waals surface area (Å²) < 4.78 is 35.8. The Balaban J connectivity index is 2.09. The number of anilines is 1. The quantitative estimate of drug-likeness (QED) is 0.185. The molecule has 1 saturated heterocycles. The molecule has 1 aliphatic rings. The number of phosphoric ester groups is 1. The number of aromatic nitrogens is 2. The van der Waals surface area contributed by atoms with Crippen molar-refractivity contribution in [1.29, 1.82) is 0 Å². The Labute approximate surface area is 144 Å². The van der Waals surface area contributed by atoms with Crippen LogP contribution in [-0.2, 0) is 22.7 Å². The van der Waals surface area contributed by atoms with Crippen molar-refractivity contribution in [3.05, 3.63) is 22.7 Å². The number of phosphoric acid groups is 2. The summed E-state index contributed by atoms with van der Waals surface area (Å²) in [7, 11) is -10.5. The Morgan fingerprint density at radius 3 is 2.46 bits per heavy atom. The van der Waals surface area contributed by atoms with Crippen LogP contribution >= 0.6 is 15.6 Å². The van der Waals surface area contributed by atoms with Gasteiger partial charge in [0.1, 0.15) is 18.3 Å². The summed E-state index contributed by atoms with van der Waals surface area (Å²) in [5.74, 6) is -0.185. The number of ether oxygens (including phenoxy) is 1. The van der Waals surface area contributed by atoms with Crippen molar-refractivity contribution in [3.8, 4) is 0 Å². The van der Waals surface area contributed by atoms with Crippen molar-refractivity contribution in [1.82, 2.24) is 9.55 Å². The van der Waals surface area contributed by atoms with Crippen LogP contribution in [0.3, 0.4) is 0 Å². The monoisotopic (exact) mass is 419 g/mol. The summed E-state index contributed by atoms with van der Waals surface area (Å²) in [5, 5.41) is 28.5. The number of nitrogens with one attached hydrogen (secondary N) is 1. The van der Waals surface area contributed by atoms with Crippen molar-refractivity contribution in [2.45, 2.75) is 24.5 Å². The van der Waals surface area contributed by atoms with E-state index in [0.717, 1.165) is 16.8 Å². The minimum Gasteiger partial charge on any atom is -0.387 e. The SMILES string of the molecule is O=c1nc(NO)ccn1C1OC(COP(=O)(O)OP(=O)(O)O)C(O)C1O. The van der Waals surface area contributed by atoms with Crippen molar-refractivity contribution in [3.63, 3.8) is 0 Å². The Morgan fingerprint density at radius 1 is 1.27 bits per heavy atom. The highest BCUT2D eigenvalue weighted by Crippen LogP contribution is 2.57. The molecule has 0 aliphatic carbocycles. The van der Waals surface area contributed by atoms with Crippen LogP contribution in [0.4, 0.5) is 5.82 Å². The van der Waals surface area contributed by atoms with E-state index < -0.39 is 52.5 Å². The second kappa shape index (κ2) is 7.80. The Kier molecular flexibility index (Phi) is 6.32. The summed E-state index contributed by atoms with van der Waals surface area (Å²) in [6.45, 7) is -0.902. The molecule has 0 spiro atoms. The van der Waals surface area contributed by atoms with Crippen molar-refractivity contribution in [2.24, 2.45) is 0 Å². The second-order valence-electron chi connectivity index (χ2n) is 5.00. The number of nitrogens with zero attached hydrogens (tertiary/aromatic N) is 2. The third-order valence-corrected chi connectivity index (χ3v) is 5.32. The van der Waals surface area contributed by atoms with Gasteiger partial charge in [-0.25, -0.2) is 13.9 Å². The van der Waals surface area contributed by atoms with Crippen molar-refractivity contribution < 1.29 is 52.8 Å². The van der Waals surface area contributed by atoms with Gasteiger partial charge >= 0.3 is 21.3 Å². The summed E-state index contributed by atoms with van der Waals surface area (Å²) in [6.07, 6.45) is -5.16. The third-order valence-electron chi connectivity index (χ3n) is 3.17. The Morgan fingerprint density at radius 2 is 1.92 bits per heavy atom. The highest BCUT2D eigenvalue weighted by atomic mass is 31.3. The van der Waals surface area contributed by atoms with E-state index in [9.17, 15) is 29.0 Å². The first-order valence-electron chi connectivity index (χ1n) is 6.68. The van der Waals surface area contributed by atoms with Gasteiger partial charge in [0.25, 0.3) is 0 Å². The molecule has 2 rings (SSSR count). The first-order chi connectivity index (χ1) is 11.9. The molecule has 1 aliphatic heterocycles. The van der Waals surface area contributed by atoms with Gasteiger partial charge in [0, 0.05) is 6.20 Å². The molecule has 26 heavy (non-hydrogen) atoms. The molecule has 15 nitrogen and oxygen atoms in total. The van der Waals surface area contributed by atoms with Crippen molar-refractivity contribution in [2.75, 3.05) is 12.1 Å². The van der Waals surface area contributed by atoms with E-state index in [-0.39, 0.29) is 5.82 Å². The predicted molar refractivity (Wildman–Crippen MR) is 78.7 cm³/mol. The third kappa shape index (κ3) is 5.16. The Hall–Kier alpha value is -1.22. The molecule has 1 aromatic heterocycles. The van der Waals surface area contributed by atoms with Crippen LogP contribution in [0, 0.1) is 0 Å². The molecule has 0 aromatic carbocycles. The van der Waals surface area contributed by atoms with Gasteiger partial charge in [-0.2, -0.15) is 9.29 Å². The van der Waals surface area contributed by atoms with Crippen LogP contribution in [0.15, 0.2) is 17.1 Å². The number of aliphatic hydroxyl groups is 2. The zero-order valence-electron chi connectivity index (χ0n) is 12.6.